The van der Waals surface area contributed by atoms with Gasteiger partial charge in [0.25, 0.3) is 5.91 Å². The Morgan fingerprint density at radius 3 is 2.32 bits per heavy atom. The van der Waals surface area contributed by atoms with E-state index in [4.69, 9.17) is 4.42 Å². The lowest BCUT2D eigenvalue weighted by molar-refractivity contribution is -0.135. The molecule has 0 spiro atoms. The van der Waals surface area contributed by atoms with Crippen molar-refractivity contribution in [2.24, 2.45) is 5.92 Å². The van der Waals surface area contributed by atoms with Gasteiger partial charge >= 0.3 is 0 Å². The van der Waals surface area contributed by atoms with E-state index in [0.29, 0.717) is 25.9 Å². The Bertz CT molecular complexity index is 998. The molecule has 2 aromatic rings. The molecule has 0 bridgehead atoms. The van der Waals surface area contributed by atoms with Crippen LogP contribution in [0.5, 0.6) is 0 Å². The van der Waals surface area contributed by atoms with E-state index in [9.17, 15) is 22.4 Å². The Balaban J connectivity index is 1.57. The summed E-state index contributed by atoms with van der Waals surface area (Å²) in [5, 5.41) is 2.73. The second kappa shape index (κ2) is 9.61. The second-order valence-electron chi connectivity index (χ2n) is 7.85. The number of rotatable bonds is 7. The van der Waals surface area contributed by atoms with Crippen LogP contribution in [0.4, 0.5) is 4.39 Å². The van der Waals surface area contributed by atoms with Gasteiger partial charge in [-0.1, -0.05) is 13.8 Å². The maximum absolute atomic E-state index is 13.0. The number of sulfonamides is 1. The molecule has 1 fully saturated rings. The fraction of sp³-hybridized carbons (Fsp3) is 0.429. The zero-order valence-electron chi connectivity index (χ0n) is 17.4. The van der Waals surface area contributed by atoms with Crippen LogP contribution in [-0.2, 0) is 14.8 Å². The van der Waals surface area contributed by atoms with Crippen LogP contribution in [0, 0.1) is 11.7 Å². The molecular formula is C21H26FN3O5S. The number of nitrogens with one attached hydrogen (secondary N) is 2. The van der Waals surface area contributed by atoms with Gasteiger partial charge in [-0.25, -0.2) is 17.5 Å². The van der Waals surface area contributed by atoms with Gasteiger partial charge in [0.15, 0.2) is 5.76 Å². The largest absolute Gasteiger partial charge is 0.459 e. The number of nitrogens with zero attached hydrogens (tertiary/aromatic N) is 1. The Labute approximate surface area is 180 Å². The van der Waals surface area contributed by atoms with Crippen molar-refractivity contribution in [3.63, 3.8) is 0 Å². The van der Waals surface area contributed by atoms with Crippen LogP contribution in [0.2, 0.25) is 0 Å². The van der Waals surface area contributed by atoms with Crippen LogP contribution in [0.25, 0.3) is 0 Å². The van der Waals surface area contributed by atoms with Crippen molar-refractivity contribution in [2.75, 3.05) is 13.1 Å². The lowest BCUT2D eigenvalue weighted by Crippen LogP contribution is -2.54. The molecule has 1 aliphatic rings. The zero-order chi connectivity index (χ0) is 22.6. The van der Waals surface area contributed by atoms with Gasteiger partial charge in [-0.05, 0) is 55.2 Å². The van der Waals surface area contributed by atoms with Gasteiger partial charge in [0.1, 0.15) is 11.9 Å². The van der Waals surface area contributed by atoms with Crippen LogP contribution < -0.4 is 10.0 Å². The first kappa shape index (κ1) is 23.0. The van der Waals surface area contributed by atoms with E-state index in [2.05, 4.69) is 10.0 Å². The standard InChI is InChI=1S/C21H26FN3O5S/c1-14(2)19(23-20(26)18-4-3-13-30-18)21(27)25-11-9-16(10-12-25)24-31(28,29)17-7-5-15(22)6-8-17/h3-8,13-14,16,19,24H,9-12H2,1-2H3,(H,23,26). The normalized spacial score (nSPS) is 16.3. The summed E-state index contributed by atoms with van der Waals surface area (Å²) < 4.78 is 45.7. The highest BCUT2D eigenvalue weighted by atomic mass is 32.2. The first-order chi connectivity index (χ1) is 14.7. The minimum Gasteiger partial charge on any atom is -0.459 e. The van der Waals surface area contributed by atoms with Crippen LogP contribution in [0.15, 0.2) is 52.0 Å². The fourth-order valence-corrected chi connectivity index (χ4v) is 4.75. The van der Waals surface area contributed by atoms with Crippen molar-refractivity contribution in [1.82, 2.24) is 14.9 Å². The summed E-state index contributed by atoms with van der Waals surface area (Å²) >= 11 is 0. The third-order valence-electron chi connectivity index (χ3n) is 5.22. The molecule has 2 N–H and O–H groups in total. The third-order valence-corrected chi connectivity index (χ3v) is 6.75. The summed E-state index contributed by atoms with van der Waals surface area (Å²) in [5.41, 5.74) is 0. The van der Waals surface area contributed by atoms with Crippen LogP contribution in [-0.4, -0.2) is 50.3 Å². The van der Waals surface area contributed by atoms with Gasteiger partial charge in [-0.15, -0.1) is 0 Å². The zero-order valence-corrected chi connectivity index (χ0v) is 18.2. The van der Waals surface area contributed by atoms with E-state index in [-0.39, 0.29) is 28.5 Å². The number of furan rings is 1. The summed E-state index contributed by atoms with van der Waals surface area (Å²) in [5.74, 6) is -1.19. The predicted octanol–water partition coefficient (Wildman–Crippen LogP) is 2.14. The average Bonchev–Trinajstić information content (AvgIpc) is 3.27. The Morgan fingerprint density at radius 1 is 1.13 bits per heavy atom. The maximum atomic E-state index is 13.0. The molecule has 1 aromatic heterocycles. The van der Waals surface area contributed by atoms with Crippen molar-refractivity contribution < 1.29 is 26.8 Å². The van der Waals surface area contributed by atoms with Gasteiger partial charge in [0.2, 0.25) is 15.9 Å². The number of hydrogen-bond acceptors (Lipinski definition) is 5. The van der Waals surface area contributed by atoms with E-state index < -0.39 is 27.8 Å². The van der Waals surface area contributed by atoms with Crippen LogP contribution >= 0.6 is 0 Å². The first-order valence-corrected chi connectivity index (χ1v) is 11.6. The molecule has 1 aromatic carbocycles. The molecule has 168 valence electrons. The molecule has 8 nitrogen and oxygen atoms in total. The second-order valence-corrected chi connectivity index (χ2v) is 9.56. The summed E-state index contributed by atoms with van der Waals surface area (Å²) in [7, 11) is -3.77. The number of carbonyl (C=O) groups excluding carboxylic acids is 2. The number of likely N-dealkylation sites (tertiary alicyclic amines) is 1. The lowest BCUT2D eigenvalue weighted by Gasteiger charge is -2.35. The van der Waals surface area contributed by atoms with Crippen LogP contribution in [0.1, 0.15) is 37.2 Å². The average molecular weight is 452 g/mol. The minimum absolute atomic E-state index is 0.00656. The Hall–Kier alpha value is -2.72. The molecule has 0 saturated carbocycles. The van der Waals surface area contributed by atoms with Crippen molar-refractivity contribution in [1.29, 1.82) is 0 Å². The molecule has 3 rings (SSSR count). The highest BCUT2D eigenvalue weighted by Gasteiger charge is 2.33. The summed E-state index contributed by atoms with van der Waals surface area (Å²) in [6.07, 6.45) is 2.26. The first-order valence-electron chi connectivity index (χ1n) is 10.1. The molecule has 1 saturated heterocycles. The van der Waals surface area contributed by atoms with Gasteiger partial charge in [-0.3, -0.25) is 9.59 Å². The van der Waals surface area contributed by atoms with E-state index in [1.807, 2.05) is 13.8 Å². The van der Waals surface area contributed by atoms with Gasteiger partial charge in [0.05, 0.1) is 11.2 Å². The van der Waals surface area contributed by atoms with Gasteiger partial charge in [-0.2, -0.15) is 0 Å². The predicted molar refractivity (Wildman–Crippen MR) is 111 cm³/mol. The highest BCUT2D eigenvalue weighted by Crippen LogP contribution is 2.18. The quantitative estimate of drug-likeness (QED) is 0.671. The number of benzene rings is 1. The number of piperidine rings is 1. The molecule has 1 unspecified atom stereocenters. The summed E-state index contributed by atoms with van der Waals surface area (Å²) in [6.45, 7) is 4.40. The van der Waals surface area contributed by atoms with Crippen molar-refractivity contribution in [3.05, 3.63) is 54.2 Å². The Kier molecular flexibility index (Phi) is 7.11. The molecule has 10 heteroatoms. The molecule has 2 heterocycles. The summed E-state index contributed by atoms with van der Waals surface area (Å²) in [4.78, 5) is 26.9. The minimum atomic E-state index is -3.77. The molecule has 1 aliphatic heterocycles. The number of amides is 2. The highest BCUT2D eigenvalue weighted by molar-refractivity contribution is 7.89. The number of carbonyl (C=O) groups is 2. The van der Waals surface area contributed by atoms with Gasteiger partial charge < -0.3 is 14.6 Å². The van der Waals surface area contributed by atoms with Crippen molar-refractivity contribution >= 4 is 21.8 Å². The molecule has 0 radical (unpaired) electrons. The number of halogens is 1. The molecular weight excluding hydrogens is 425 g/mol. The van der Waals surface area contributed by atoms with E-state index in [0.717, 1.165) is 12.1 Å². The topological polar surface area (TPSA) is 109 Å². The van der Waals surface area contributed by atoms with Gasteiger partial charge in [0, 0.05) is 19.1 Å². The number of hydrogen-bond donors (Lipinski definition) is 2. The summed E-state index contributed by atoms with van der Waals surface area (Å²) in [6, 6.07) is 6.68. The van der Waals surface area contributed by atoms with E-state index in [1.165, 1.54) is 24.5 Å². The van der Waals surface area contributed by atoms with Crippen molar-refractivity contribution in [2.45, 2.75) is 43.7 Å². The van der Waals surface area contributed by atoms with Crippen LogP contribution in [0.3, 0.4) is 0 Å². The van der Waals surface area contributed by atoms with Crippen molar-refractivity contribution in [3.8, 4) is 0 Å². The smallest absolute Gasteiger partial charge is 0.287 e. The van der Waals surface area contributed by atoms with E-state index in [1.54, 1.807) is 11.0 Å². The molecule has 0 aliphatic carbocycles. The molecule has 1 atom stereocenters. The maximum Gasteiger partial charge on any atom is 0.287 e. The molecule has 31 heavy (non-hydrogen) atoms. The SMILES string of the molecule is CC(C)C(NC(=O)c1ccco1)C(=O)N1CCC(NS(=O)(=O)c2ccc(F)cc2)CC1. The third kappa shape index (κ3) is 5.71. The lowest BCUT2D eigenvalue weighted by atomic mass is 9.99. The molecule has 2 amide bonds. The monoisotopic (exact) mass is 451 g/mol. The van der Waals surface area contributed by atoms with E-state index >= 15 is 0 Å². The fourth-order valence-electron chi connectivity index (χ4n) is 3.45. The Morgan fingerprint density at radius 2 is 1.77 bits per heavy atom.